The van der Waals surface area contributed by atoms with Gasteiger partial charge in [-0.3, -0.25) is 9.59 Å². The fourth-order valence-electron chi connectivity index (χ4n) is 3.15. The topological polar surface area (TPSA) is 84.5 Å². The number of nitrogens with zero attached hydrogens (tertiary/aromatic N) is 2. The van der Waals surface area contributed by atoms with Gasteiger partial charge in [-0.15, -0.1) is 0 Å². The van der Waals surface area contributed by atoms with Gasteiger partial charge in [0, 0.05) is 24.6 Å². The summed E-state index contributed by atoms with van der Waals surface area (Å²) in [7, 11) is 0. The standard InChI is InChI=1S/C20H22F3N3O4/c1-12(2)16(27)11-29-6-7-30-17-5-3-4-13-9-26(10-14(13)17)15-8-24-25-19(28)18(15)20(21,22)23/h3-5,8,12H,6-7,9-11H2,1-2H3,(H,25,28). The van der Waals surface area contributed by atoms with Crippen molar-refractivity contribution in [1.29, 1.82) is 0 Å². The van der Waals surface area contributed by atoms with Gasteiger partial charge in [0.25, 0.3) is 5.56 Å². The molecule has 0 saturated heterocycles. The fraction of sp³-hybridized carbons (Fsp3) is 0.450. The van der Waals surface area contributed by atoms with E-state index in [1.165, 1.54) is 4.90 Å². The molecule has 1 N–H and O–H groups in total. The first kappa shape index (κ1) is 21.8. The van der Waals surface area contributed by atoms with Gasteiger partial charge in [0.05, 0.1) is 18.5 Å². The second-order valence-corrected chi connectivity index (χ2v) is 7.23. The Morgan fingerprint density at radius 3 is 2.73 bits per heavy atom. The number of fused-ring (bicyclic) bond motifs is 1. The number of nitrogens with one attached hydrogen (secondary N) is 1. The van der Waals surface area contributed by atoms with Crippen LogP contribution >= 0.6 is 0 Å². The molecule has 1 aliphatic heterocycles. The summed E-state index contributed by atoms with van der Waals surface area (Å²) in [6, 6.07) is 5.28. The number of anilines is 1. The largest absolute Gasteiger partial charge is 0.491 e. The number of halogens is 3. The first-order valence-corrected chi connectivity index (χ1v) is 9.42. The maximum absolute atomic E-state index is 13.4. The van der Waals surface area contributed by atoms with E-state index in [4.69, 9.17) is 9.47 Å². The van der Waals surface area contributed by atoms with Crippen molar-refractivity contribution in [3.8, 4) is 5.75 Å². The van der Waals surface area contributed by atoms with Gasteiger partial charge >= 0.3 is 6.18 Å². The summed E-state index contributed by atoms with van der Waals surface area (Å²) in [5, 5.41) is 5.37. The number of benzene rings is 1. The highest BCUT2D eigenvalue weighted by Gasteiger charge is 2.39. The summed E-state index contributed by atoms with van der Waals surface area (Å²) in [6.45, 7) is 4.34. The zero-order valence-corrected chi connectivity index (χ0v) is 16.6. The molecule has 162 valence electrons. The zero-order valence-electron chi connectivity index (χ0n) is 16.6. The van der Waals surface area contributed by atoms with Crippen molar-refractivity contribution in [3.63, 3.8) is 0 Å². The first-order chi connectivity index (χ1) is 14.2. The number of H-pyrrole nitrogens is 1. The molecule has 2 aromatic rings. The SMILES string of the molecule is CC(C)C(=O)COCCOc1cccc2c1CN(c1cn[nH]c(=O)c1C(F)(F)F)C2. The summed E-state index contributed by atoms with van der Waals surface area (Å²) in [4.78, 5) is 24.7. The van der Waals surface area contributed by atoms with E-state index in [-0.39, 0.29) is 50.3 Å². The number of aromatic nitrogens is 2. The Bertz CT molecular complexity index is 972. The third-order valence-electron chi connectivity index (χ3n) is 4.77. The number of alkyl halides is 3. The van der Waals surface area contributed by atoms with Gasteiger partial charge in [0.2, 0.25) is 0 Å². The van der Waals surface area contributed by atoms with E-state index in [1.54, 1.807) is 32.0 Å². The van der Waals surface area contributed by atoms with Crippen LogP contribution in [0.1, 0.15) is 30.5 Å². The Hall–Kier alpha value is -2.88. The van der Waals surface area contributed by atoms with Crippen LogP contribution in [-0.4, -0.2) is 35.8 Å². The van der Waals surface area contributed by atoms with Crippen LogP contribution in [0.4, 0.5) is 18.9 Å². The van der Waals surface area contributed by atoms with Crippen LogP contribution in [0.25, 0.3) is 0 Å². The maximum Gasteiger partial charge on any atom is 0.423 e. The molecule has 7 nitrogen and oxygen atoms in total. The number of Topliss-reactive ketones (excluding diaryl/α,β-unsaturated/α-hetero) is 1. The number of rotatable bonds is 8. The maximum atomic E-state index is 13.4. The van der Waals surface area contributed by atoms with E-state index < -0.39 is 17.3 Å². The van der Waals surface area contributed by atoms with Crippen LogP contribution in [0.3, 0.4) is 0 Å². The summed E-state index contributed by atoms with van der Waals surface area (Å²) in [6.07, 6.45) is -3.79. The number of ketones is 1. The number of ether oxygens (including phenoxy) is 2. The van der Waals surface area contributed by atoms with E-state index in [1.807, 2.05) is 5.10 Å². The van der Waals surface area contributed by atoms with Crippen LogP contribution in [0.5, 0.6) is 5.75 Å². The highest BCUT2D eigenvalue weighted by molar-refractivity contribution is 5.81. The zero-order chi connectivity index (χ0) is 21.9. The predicted molar refractivity (Wildman–Crippen MR) is 102 cm³/mol. The minimum Gasteiger partial charge on any atom is -0.491 e. The molecule has 0 spiro atoms. The minimum absolute atomic E-state index is 0.00169. The predicted octanol–water partition coefficient (Wildman–Crippen LogP) is 2.93. The van der Waals surface area contributed by atoms with Crippen molar-refractivity contribution in [2.75, 3.05) is 24.7 Å². The molecular formula is C20H22F3N3O4. The van der Waals surface area contributed by atoms with Crippen molar-refractivity contribution in [2.45, 2.75) is 33.1 Å². The molecule has 1 aromatic carbocycles. The minimum atomic E-state index is -4.80. The summed E-state index contributed by atoms with van der Waals surface area (Å²) in [5.41, 5.74) is -1.28. The third-order valence-corrected chi connectivity index (χ3v) is 4.77. The van der Waals surface area contributed by atoms with Crippen LogP contribution in [-0.2, 0) is 28.8 Å². The lowest BCUT2D eigenvalue weighted by Gasteiger charge is -2.21. The normalized spacial score (nSPS) is 13.6. The molecule has 0 bridgehead atoms. The number of hydrogen-bond donors (Lipinski definition) is 1. The quantitative estimate of drug-likeness (QED) is 0.655. The molecule has 0 aliphatic carbocycles. The molecule has 0 saturated carbocycles. The van der Waals surface area contributed by atoms with Crippen molar-refractivity contribution in [3.05, 3.63) is 51.4 Å². The lowest BCUT2D eigenvalue weighted by atomic mass is 10.1. The van der Waals surface area contributed by atoms with Gasteiger partial charge in [0.1, 0.15) is 24.5 Å². The molecule has 0 atom stereocenters. The average Bonchev–Trinajstić information content (AvgIpc) is 3.11. The molecular weight excluding hydrogens is 403 g/mol. The van der Waals surface area contributed by atoms with Crippen LogP contribution < -0.4 is 15.2 Å². The van der Waals surface area contributed by atoms with Gasteiger partial charge < -0.3 is 14.4 Å². The van der Waals surface area contributed by atoms with Gasteiger partial charge in [-0.05, 0) is 11.6 Å². The molecule has 1 aromatic heterocycles. The molecule has 10 heteroatoms. The van der Waals surface area contributed by atoms with E-state index in [0.717, 1.165) is 17.3 Å². The van der Waals surface area contributed by atoms with E-state index in [2.05, 4.69) is 5.10 Å². The number of carbonyl (C=O) groups excluding carboxylic acids is 1. The van der Waals surface area contributed by atoms with Gasteiger partial charge in [-0.1, -0.05) is 26.0 Å². The molecule has 0 amide bonds. The molecule has 2 heterocycles. The van der Waals surface area contributed by atoms with Crippen LogP contribution in [0, 0.1) is 5.92 Å². The monoisotopic (exact) mass is 425 g/mol. The van der Waals surface area contributed by atoms with Gasteiger partial charge in [-0.2, -0.15) is 18.3 Å². The van der Waals surface area contributed by atoms with Crippen molar-refractivity contribution >= 4 is 11.5 Å². The molecule has 0 unspecified atom stereocenters. The number of hydrogen-bond acceptors (Lipinski definition) is 6. The Balaban J connectivity index is 1.69. The Morgan fingerprint density at radius 1 is 1.27 bits per heavy atom. The highest BCUT2D eigenvalue weighted by Crippen LogP contribution is 2.38. The number of carbonyl (C=O) groups is 1. The van der Waals surface area contributed by atoms with Crippen LogP contribution in [0.2, 0.25) is 0 Å². The summed E-state index contributed by atoms with van der Waals surface area (Å²) in [5.74, 6) is 0.425. The van der Waals surface area contributed by atoms with Crippen molar-refractivity contribution < 1.29 is 27.4 Å². The third kappa shape index (κ3) is 4.81. The lowest BCUT2D eigenvalue weighted by Crippen LogP contribution is -2.28. The lowest BCUT2D eigenvalue weighted by molar-refractivity contribution is -0.138. The highest BCUT2D eigenvalue weighted by atomic mass is 19.4. The first-order valence-electron chi connectivity index (χ1n) is 9.42. The van der Waals surface area contributed by atoms with E-state index >= 15 is 0 Å². The fourth-order valence-corrected chi connectivity index (χ4v) is 3.15. The molecule has 0 fully saturated rings. The second-order valence-electron chi connectivity index (χ2n) is 7.23. The molecule has 1 aliphatic rings. The molecule has 30 heavy (non-hydrogen) atoms. The smallest absolute Gasteiger partial charge is 0.423 e. The molecule has 3 rings (SSSR count). The number of aromatic amines is 1. The Kier molecular flexibility index (Phi) is 6.45. The van der Waals surface area contributed by atoms with Gasteiger partial charge in [0.15, 0.2) is 5.78 Å². The van der Waals surface area contributed by atoms with E-state index in [9.17, 15) is 22.8 Å². The summed E-state index contributed by atoms with van der Waals surface area (Å²) < 4.78 is 51.2. The summed E-state index contributed by atoms with van der Waals surface area (Å²) >= 11 is 0. The van der Waals surface area contributed by atoms with Gasteiger partial charge in [-0.25, -0.2) is 5.10 Å². The van der Waals surface area contributed by atoms with E-state index in [0.29, 0.717) is 5.75 Å². The van der Waals surface area contributed by atoms with Crippen LogP contribution in [0.15, 0.2) is 29.2 Å². The molecule has 0 radical (unpaired) electrons. The second kappa shape index (κ2) is 8.86. The van der Waals surface area contributed by atoms with Crippen molar-refractivity contribution in [2.24, 2.45) is 5.92 Å². The van der Waals surface area contributed by atoms with Crippen molar-refractivity contribution in [1.82, 2.24) is 10.2 Å². The Morgan fingerprint density at radius 2 is 2.03 bits per heavy atom. The Labute approximate surface area is 170 Å². The average molecular weight is 425 g/mol.